The number of methoxy groups -OCH3 is 1. The fraction of sp³-hybridized carbons (Fsp3) is 0.316. The summed E-state index contributed by atoms with van der Waals surface area (Å²) >= 11 is 0. The van der Waals surface area contributed by atoms with Crippen molar-refractivity contribution < 1.29 is 9.53 Å². The van der Waals surface area contributed by atoms with Gasteiger partial charge in [-0.1, -0.05) is 18.2 Å². The van der Waals surface area contributed by atoms with Gasteiger partial charge in [0.05, 0.1) is 19.3 Å². The zero-order valence-corrected chi connectivity index (χ0v) is 14.4. The molecule has 132 valence electrons. The normalized spacial score (nSPS) is 15.0. The molecule has 1 aliphatic heterocycles. The van der Waals surface area contributed by atoms with Crippen LogP contribution in [0.25, 0.3) is 0 Å². The molecule has 6 nitrogen and oxygen atoms in total. The molecule has 6 heteroatoms. The van der Waals surface area contributed by atoms with Crippen LogP contribution in [-0.2, 0) is 4.79 Å². The van der Waals surface area contributed by atoms with E-state index in [0.29, 0.717) is 23.7 Å². The smallest absolute Gasteiger partial charge is 0.238 e. The first-order valence-electron chi connectivity index (χ1n) is 8.41. The van der Waals surface area contributed by atoms with E-state index < -0.39 is 0 Å². The van der Waals surface area contributed by atoms with Crippen molar-refractivity contribution in [3.05, 3.63) is 48.5 Å². The molecule has 0 aromatic heterocycles. The van der Waals surface area contributed by atoms with E-state index in [9.17, 15) is 4.79 Å². The molecule has 3 rings (SSSR count). The minimum atomic E-state index is -0.0583. The van der Waals surface area contributed by atoms with Gasteiger partial charge in [0.1, 0.15) is 5.75 Å². The zero-order chi connectivity index (χ0) is 17.6. The van der Waals surface area contributed by atoms with E-state index in [2.05, 4.69) is 27.2 Å². The summed E-state index contributed by atoms with van der Waals surface area (Å²) in [4.78, 5) is 16.9. The highest BCUT2D eigenvalue weighted by Crippen LogP contribution is 2.26. The summed E-state index contributed by atoms with van der Waals surface area (Å²) in [5, 5.41) is 2.89. The number of carbonyl (C=O) groups excluding carboxylic acids is 1. The van der Waals surface area contributed by atoms with Gasteiger partial charge in [0.2, 0.25) is 5.91 Å². The number of nitrogens with one attached hydrogen (secondary N) is 1. The molecule has 0 atom stereocenters. The van der Waals surface area contributed by atoms with Crippen molar-refractivity contribution in [2.24, 2.45) is 0 Å². The van der Waals surface area contributed by atoms with Crippen molar-refractivity contribution in [1.82, 2.24) is 4.90 Å². The van der Waals surface area contributed by atoms with Crippen molar-refractivity contribution in [2.45, 2.75) is 0 Å². The molecule has 0 radical (unpaired) electrons. The number of nitrogens with zero attached hydrogens (tertiary/aromatic N) is 2. The molecule has 0 spiro atoms. The highest BCUT2D eigenvalue weighted by atomic mass is 16.5. The predicted octanol–water partition coefficient (Wildman–Crippen LogP) is 2.04. The second-order valence-electron chi connectivity index (χ2n) is 6.11. The van der Waals surface area contributed by atoms with Crippen molar-refractivity contribution in [3.63, 3.8) is 0 Å². The van der Waals surface area contributed by atoms with Crippen LogP contribution in [0.4, 0.5) is 17.1 Å². The van der Waals surface area contributed by atoms with Crippen LogP contribution >= 0.6 is 0 Å². The summed E-state index contributed by atoms with van der Waals surface area (Å²) < 4.78 is 5.26. The molecule has 2 aromatic rings. The zero-order valence-electron chi connectivity index (χ0n) is 14.4. The summed E-state index contributed by atoms with van der Waals surface area (Å²) in [6.45, 7) is 3.91. The molecule has 0 bridgehead atoms. The van der Waals surface area contributed by atoms with Gasteiger partial charge in [0.25, 0.3) is 0 Å². The Morgan fingerprint density at radius 1 is 1.12 bits per heavy atom. The van der Waals surface area contributed by atoms with Crippen LogP contribution in [0.15, 0.2) is 48.5 Å². The third-order valence-corrected chi connectivity index (χ3v) is 4.36. The lowest BCUT2D eigenvalue weighted by atomic mass is 10.2. The maximum absolute atomic E-state index is 12.3. The second-order valence-corrected chi connectivity index (χ2v) is 6.11. The fourth-order valence-corrected chi connectivity index (χ4v) is 3.02. The number of para-hydroxylation sites is 1. The average Bonchev–Trinajstić information content (AvgIpc) is 2.63. The number of ether oxygens (including phenoxy) is 1. The summed E-state index contributed by atoms with van der Waals surface area (Å²) in [5.41, 5.74) is 8.22. The van der Waals surface area contributed by atoms with Crippen LogP contribution in [0.1, 0.15) is 0 Å². The Morgan fingerprint density at radius 2 is 1.84 bits per heavy atom. The number of hydrogen-bond acceptors (Lipinski definition) is 5. The Bertz CT molecular complexity index is 713. The topological polar surface area (TPSA) is 70.8 Å². The lowest BCUT2D eigenvalue weighted by molar-refractivity contribution is -0.117. The SMILES string of the molecule is COc1ccc(N)cc1NC(=O)CN1CCN(c2ccccc2)CC1. The molecule has 0 saturated carbocycles. The molecule has 2 aromatic carbocycles. The maximum atomic E-state index is 12.3. The third kappa shape index (κ3) is 4.42. The average molecular weight is 340 g/mol. The quantitative estimate of drug-likeness (QED) is 0.815. The minimum Gasteiger partial charge on any atom is -0.495 e. The van der Waals surface area contributed by atoms with Gasteiger partial charge in [0.15, 0.2) is 0 Å². The van der Waals surface area contributed by atoms with Gasteiger partial charge < -0.3 is 20.7 Å². The van der Waals surface area contributed by atoms with E-state index in [1.807, 2.05) is 18.2 Å². The fourth-order valence-electron chi connectivity index (χ4n) is 3.02. The van der Waals surface area contributed by atoms with Crippen LogP contribution in [0.2, 0.25) is 0 Å². The highest BCUT2D eigenvalue weighted by Gasteiger charge is 2.19. The van der Waals surface area contributed by atoms with Crippen LogP contribution in [0, 0.1) is 0 Å². The molecule has 0 aliphatic carbocycles. The molecule has 1 heterocycles. The molecular formula is C19H24N4O2. The molecule has 1 fully saturated rings. The number of rotatable bonds is 5. The first-order valence-corrected chi connectivity index (χ1v) is 8.41. The van der Waals surface area contributed by atoms with Gasteiger partial charge >= 0.3 is 0 Å². The number of nitrogens with two attached hydrogens (primary N) is 1. The Labute approximate surface area is 148 Å². The largest absolute Gasteiger partial charge is 0.495 e. The van der Waals surface area contributed by atoms with Gasteiger partial charge in [-0.15, -0.1) is 0 Å². The van der Waals surface area contributed by atoms with E-state index in [-0.39, 0.29) is 5.91 Å². The van der Waals surface area contributed by atoms with Gasteiger partial charge in [-0.2, -0.15) is 0 Å². The van der Waals surface area contributed by atoms with E-state index in [1.165, 1.54) is 5.69 Å². The number of hydrogen-bond donors (Lipinski definition) is 2. The number of nitrogen functional groups attached to an aromatic ring is 1. The summed E-state index contributed by atoms with van der Waals surface area (Å²) in [5.74, 6) is 0.550. The Hall–Kier alpha value is -2.73. The van der Waals surface area contributed by atoms with E-state index in [1.54, 1.807) is 25.3 Å². The van der Waals surface area contributed by atoms with Crippen LogP contribution in [0.3, 0.4) is 0 Å². The number of carbonyl (C=O) groups is 1. The molecular weight excluding hydrogens is 316 g/mol. The number of benzene rings is 2. The molecule has 0 unspecified atom stereocenters. The Morgan fingerprint density at radius 3 is 2.52 bits per heavy atom. The second kappa shape index (κ2) is 7.90. The van der Waals surface area contributed by atoms with E-state index in [4.69, 9.17) is 10.5 Å². The highest BCUT2D eigenvalue weighted by molar-refractivity contribution is 5.94. The molecule has 25 heavy (non-hydrogen) atoms. The predicted molar refractivity (Wildman–Crippen MR) is 101 cm³/mol. The third-order valence-electron chi connectivity index (χ3n) is 4.36. The van der Waals surface area contributed by atoms with Gasteiger partial charge in [0, 0.05) is 37.6 Å². The Balaban J connectivity index is 1.52. The molecule has 1 aliphatic rings. The lowest BCUT2D eigenvalue weighted by Gasteiger charge is -2.35. The summed E-state index contributed by atoms with van der Waals surface area (Å²) in [6, 6.07) is 15.6. The van der Waals surface area contributed by atoms with E-state index >= 15 is 0 Å². The maximum Gasteiger partial charge on any atom is 0.238 e. The van der Waals surface area contributed by atoms with Gasteiger partial charge in [-0.3, -0.25) is 9.69 Å². The monoisotopic (exact) mass is 340 g/mol. The van der Waals surface area contributed by atoms with Crippen molar-refractivity contribution in [1.29, 1.82) is 0 Å². The molecule has 1 amide bonds. The summed E-state index contributed by atoms with van der Waals surface area (Å²) in [6.07, 6.45) is 0. The van der Waals surface area contributed by atoms with Crippen molar-refractivity contribution in [2.75, 3.05) is 55.8 Å². The summed E-state index contributed by atoms with van der Waals surface area (Å²) in [7, 11) is 1.57. The lowest BCUT2D eigenvalue weighted by Crippen LogP contribution is -2.48. The first-order chi connectivity index (χ1) is 12.2. The molecule has 1 saturated heterocycles. The van der Waals surface area contributed by atoms with Crippen LogP contribution in [0.5, 0.6) is 5.75 Å². The number of piperazine rings is 1. The first kappa shape index (κ1) is 17.1. The van der Waals surface area contributed by atoms with Crippen molar-refractivity contribution in [3.8, 4) is 5.75 Å². The van der Waals surface area contributed by atoms with Gasteiger partial charge in [-0.05, 0) is 30.3 Å². The van der Waals surface area contributed by atoms with E-state index in [0.717, 1.165) is 26.2 Å². The number of anilines is 3. The Kier molecular flexibility index (Phi) is 5.40. The standard InChI is InChI=1S/C19H24N4O2/c1-25-18-8-7-15(20)13-17(18)21-19(24)14-22-9-11-23(12-10-22)16-5-3-2-4-6-16/h2-8,13H,9-12,14,20H2,1H3,(H,21,24). The van der Waals surface area contributed by atoms with Crippen LogP contribution in [-0.4, -0.2) is 50.6 Å². The minimum absolute atomic E-state index is 0.0583. The van der Waals surface area contributed by atoms with Crippen molar-refractivity contribution >= 4 is 23.0 Å². The molecule has 3 N–H and O–H groups in total. The van der Waals surface area contributed by atoms with Crippen LogP contribution < -0.4 is 20.7 Å². The number of amides is 1. The van der Waals surface area contributed by atoms with Gasteiger partial charge in [-0.25, -0.2) is 0 Å².